The quantitative estimate of drug-likeness (QED) is 0.386. The number of aliphatic imine (C=N–C) groups is 1. The van der Waals surface area contributed by atoms with E-state index in [-0.39, 0.29) is 35.5 Å². The molecule has 1 unspecified atom stereocenters. The number of hydrogen-bond acceptors (Lipinski definition) is 3. The Kier molecular flexibility index (Phi) is 4.96. The molecule has 5 nitrogen and oxygen atoms in total. The molecule has 0 bridgehead atoms. The second-order valence-electron chi connectivity index (χ2n) is 3.66. The Hall–Kier alpha value is -0.390. The van der Waals surface area contributed by atoms with E-state index in [9.17, 15) is 14.7 Å². The van der Waals surface area contributed by atoms with E-state index in [1.165, 1.54) is 0 Å². The Balaban J connectivity index is 0.00000196. The predicted molar refractivity (Wildman–Crippen MR) is 48.1 cm³/mol. The molecule has 78 valence electrons. The van der Waals surface area contributed by atoms with Crippen LogP contribution in [0, 0.1) is 11.3 Å². The molecule has 6 heteroatoms. The predicted octanol–water partition coefficient (Wildman–Crippen LogP) is -3.58. The van der Waals surface area contributed by atoms with Crippen molar-refractivity contribution in [3.8, 4) is 0 Å². The van der Waals surface area contributed by atoms with Crippen LogP contribution < -0.4 is 40.0 Å². The van der Waals surface area contributed by atoms with Crippen molar-refractivity contribution >= 4 is 17.8 Å². The van der Waals surface area contributed by atoms with Crippen molar-refractivity contribution in [3.05, 3.63) is 0 Å². The first-order valence-electron chi connectivity index (χ1n) is 4.56. The molecule has 0 aromatic rings. The average molecular weight is 220 g/mol. The smallest absolute Gasteiger partial charge is 0.846 e. The number of carbonyl (C=O) groups excluding carboxylic acids is 2. The third kappa shape index (κ3) is 2.24. The van der Waals surface area contributed by atoms with Crippen LogP contribution in [0.15, 0.2) is 4.99 Å². The average Bonchev–Trinajstić information content (AvgIpc) is 2.03. The molecule has 1 N–H and O–H groups in total. The minimum atomic E-state index is -1.16. The van der Waals surface area contributed by atoms with E-state index in [2.05, 4.69) is 10.3 Å². The standard InChI is InChI=1S/C9H14N2O3.Na/c1-4-9(5(2)3)6(12)10-8(14)11-7(9)13;/h5H,4H2,1-3H3,(H2,10,11,12,13,14);/q;+1/p-1. The molecule has 2 amide bonds. The van der Waals surface area contributed by atoms with E-state index >= 15 is 0 Å². The maximum atomic E-state index is 11.6. The monoisotopic (exact) mass is 220 g/mol. The van der Waals surface area contributed by atoms with Crippen LogP contribution in [0.2, 0.25) is 0 Å². The molecular weight excluding hydrogens is 207 g/mol. The summed E-state index contributed by atoms with van der Waals surface area (Å²) in [4.78, 5) is 26.4. The molecule has 0 aliphatic carbocycles. The number of rotatable bonds is 2. The van der Waals surface area contributed by atoms with Gasteiger partial charge < -0.3 is 10.4 Å². The maximum absolute atomic E-state index is 11.6. The van der Waals surface area contributed by atoms with E-state index in [1.54, 1.807) is 20.8 Å². The summed E-state index contributed by atoms with van der Waals surface area (Å²) in [5.41, 5.74) is -1.16. The van der Waals surface area contributed by atoms with Crippen LogP contribution in [-0.2, 0) is 9.59 Å². The number of amides is 2. The zero-order chi connectivity index (χ0) is 10.9. The Morgan fingerprint density at radius 1 is 1.47 bits per heavy atom. The van der Waals surface area contributed by atoms with Gasteiger partial charge in [0.1, 0.15) is 5.41 Å². The number of nitrogens with zero attached hydrogens (tertiary/aromatic N) is 1. The number of amidine groups is 1. The molecule has 0 radical (unpaired) electrons. The van der Waals surface area contributed by atoms with Gasteiger partial charge in [-0.25, -0.2) is 4.99 Å². The van der Waals surface area contributed by atoms with Gasteiger partial charge in [0.25, 0.3) is 5.91 Å². The van der Waals surface area contributed by atoms with Crippen LogP contribution in [0.4, 0.5) is 0 Å². The molecule has 1 rings (SSSR count). The molecule has 0 aromatic carbocycles. The molecule has 1 aliphatic rings. The van der Waals surface area contributed by atoms with Gasteiger partial charge in [-0.2, -0.15) is 0 Å². The van der Waals surface area contributed by atoms with Crippen molar-refractivity contribution in [2.45, 2.75) is 27.2 Å². The van der Waals surface area contributed by atoms with Gasteiger partial charge in [0.15, 0.2) is 0 Å². The van der Waals surface area contributed by atoms with E-state index in [1.807, 2.05) is 0 Å². The molecule has 15 heavy (non-hydrogen) atoms. The van der Waals surface area contributed by atoms with Gasteiger partial charge in [-0.15, -0.1) is 0 Å². The molecule has 1 heterocycles. The minimum absolute atomic E-state index is 0. The SMILES string of the molecule is CCC1(C(C)C)C(=O)N=C([O-])NC1=O.[Na+]. The zero-order valence-electron chi connectivity index (χ0n) is 9.46. The van der Waals surface area contributed by atoms with Gasteiger partial charge in [-0.1, -0.05) is 20.8 Å². The fourth-order valence-corrected chi connectivity index (χ4v) is 1.75. The van der Waals surface area contributed by atoms with Crippen LogP contribution in [0.1, 0.15) is 27.2 Å². The third-order valence-electron chi connectivity index (χ3n) is 2.75. The Bertz CT molecular complexity index is 314. The largest absolute Gasteiger partial charge is 1.00 e. The topological polar surface area (TPSA) is 81.6 Å². The van der Waals surface area contributed by atoms with Crippen molar-refractivity contribution in [2.75, 3.05) is 0 Å². The van der Waals surface area contributed by atoms with Crippen molar-refractivity contribution < 1.29 is 44.3 Å². The zero-order valence-corrected chi connectivity index (χ0v) is 11.5. The van der Waals surface area contributed by atoms with E-state index in [0.717, 1.165) is 0 Å². The second-order valence-corrected chi connectivity index (χ2v) is 3.66. The van der Waals surface area contributed by atoms with Crippen LogP contribution in [-0.4, -0.2) is 17.8 Å². The Labute approximate surface area is 111 Å². The summed E-state index contributed by atoms with van der Waals surface area (Å²) in [6, 6.07) is -0.857. The minimum Gasteiger partial charge on any atom is -0.846 e. The summed E-state index contributed by atoms with van der Waals surface area (Å²) in [5, 5.41) is 12.9. The van der Waals surface area contributed by atoms with Gasteiger partial charge in [-0.05, 0) is 12.3 Å². The first-order valence-corrected chi connectivity index (χ1v) is 4.56. The van der Waals surface area contributed by atoms with Crippen LogP contribution in [0.5, 0.6) is 0 Å². The Morgan fingerprint density at radius 3 is 2.33 bits per heavy atom. The van der Waals surface area contributed by atoms with Crippen molar-refractivity contribution in [3.63, 3.8) is 0 Å². The van der Waals surface area contributed by atoms with Crippen LogP contribution >= 0.6 is 0 Å². The Morgan fingerprint density at radius 2 is 2.00 bits per heavy atom. The summed E-state index contributed by atoms with van der Waals surface area (Å²) in [5.74, 6) is -1.32. The summed E-state index contributed by atoms with van der Waals surface area (Å²) in [6.45, 7) is 5.28. The van der Waals surface area contributed by atoms with Crippen LogP contribution in [0.3, 0.4) is 0 Å². The summed E-state index contributed by atoms with van der Waals surface area (Å²) in [7, 11) is 0. The molecular formula is C9H13N2NaO3. The third-order valence-corrected chi connectivity index (χ3v) is 2.75. The van der Waals surface area contributed by atoms with E-state index < -0.39 is 23.3 Å². The molecule has 0 aromatic heterocycles. The fourth-order valence-electron chi connectivity index (χ4n) is 1.75. The summed E-state index contributed by atoms with van der Waals surface area (Å²) < 4.78 is 0. The van der Waals surface area contributed by atoms with Gasteiger partial charge in [0.2, 0.25) is 5.91 Å². The number of carbonyl (C=O) groups is 2. The maximum Gasteiger partial charge on any atom is 1.00 e. The van der Waals surface area contributed by atoms with E-state index in [4.69, 9.17) is 0 Å². The summed E-state index contributed by atoms with van der Waals surface area (Å²) in [6.07, 6.45) is 0.353. The van der Waals surface area contributed by atoms with Crippen molar-refractivity contribution in [2.24, 2.45) is 16.3 Å². The van der Waals surface area contributed by atoms with Gasteiger partial charge in [0.05, 0.1) is 6.02 Å². The fraction of sp³-hybridized carbons (Fsp3) is 0.667. The van der Waals surface area contributed by atoms with Gasteiger partial charge >= 0.3 is 29.6 Å². The molecule has 0 fully saturated rings. The second kappa shape index (κ2) is 5.09. The molecule has 0 saturated heterocycles. The number of hydrogen-bond donors (Lipinski definition) is 1. The van der Waals surface area contributed by atoms with Gasteiger partial charge in [-0.3, -0.25) is 9.59 Å². The molecule has 1 aliphatic heterocycles. The van der Waals surface area contributed by atoms with Crippen molar-refractivity contribution in [1.82, 2.24) is 5.32 Å². The molecule has 0 spiro atoms. The first kappa shape index (κ1) is 14.6. The first-order chi connectivity index (χ1) is 6.45. The number of nitrogens with one attached hydrogen (secondary N) is 1. The van der Waals surface area contributed by atoms with Crippen LogP contribution in [0.25, 0.3) is 0 Å². The normalized spacial score (nSPS) is 25.7. The molecule has 0 saturated carbocycles. The summed E-state index contributed by atoms with van der Waals surface area (Å²) >= 11 is 0. The van der Waals surface area contributed by atoms with E-state index in [0.29, 0.717) is 6.42 Å². The van der Waals surface area contributed by atoms with Crippen molar-refractivity contribution in [1.29, 1.82) is 0 Å². The van der Waals surface area contributed by atoms with Gasteiger partial charge in [0, 0.05) is 0 Å². The molecule has 1 atom stereocenters.